The summed E-state index contributed by atoms with van der Waals surface area (Å²) >= 11 is 1.53. The summed E-state index contributed by atoms with van der Waals surface area (Å²) < 4.78 is 26.7. The molecule has 0 spiro atoms. The third kappa shape index (κ3) is 2.71. The van der Waals surface area contributed by atoms with Crippen molar-refractivity contribution in [3.63, 3.8) is 0 Å². The van der Waals surface area contributed by atoms with Crippen molar-refractivity contribution < 1.29 is 8.78 Å². The lowest BCUT2D eigenvalue weighted by Crippen LogP contribution is -2.02. The molecule has 0 unspecified atom stereocenters. The highest BCUT2D eigenvalue weighted by molar-refractivity contribution is 7.18. The van der Waals surface area contributed by atoms with Crippen LogP contribution < -0.4 is 5.32 Å². The molecule has 3 rings (SSSR count). The smallest absolute Gasteiger partial charge is 0.163 e. The van der Waals surface area contributed by atoms with Crippen molar-refractivity contribution >= 4 is 27.4 Å². The summed E-state index contributed by atoms with van der Waals surface area (Å²) in [5.74, 6) is -0.271. The maximum Gasteiger partial charge on any atom is 0.163 e. The highest BCUT2D eigenvalue weighted by Gasteiger charge is 2.13. The lowest BCUT2D eigenvalue weighted by molar-refractivity contribution is 0.584. The number of nitrogens with one attached hydrogen (secondary N) is 1. The van der Waals surface area contributed by atoms with Crippen LogP contribution in [0.2, 0.25) is 0 Å². The maximum absolute atomic E-state index is 13.4. The van der Waals surface area contributed by atoms with Gasteiger partial charge >= 0.3 is 0 Å². The van der Waals surface area contributed by atoms with Crippen molar-refractivity contribution in [2.24, 2.45) is 0 Å². The Kier molecular flexibility index (Phi) is 3.55. The Hall–Kier alpha value is -2.08. The molecule has 1 aromatic carbocycles. The summed E-state index contributed by atoms with van der Waals surface area (Å²) in [5, 5.41) is 4.10. The Bertz CT molecular complexity index is 794. The monoisotopic (exact) mass is 305 g/mol. The molecule has 3 nitrogen and oxygen atoms in total. The van der Waals surface area contributed by atoms with Crippen LogP contribution in [0.3, 0.4) is 0 Å². The quantitative estimate of drug-likeness (QED) is 0.780. The molecule has 0 bridgehead atoms. The van der Waals surface area contributed by atoms with Gasteiger partial charge in [-0.25, -0.2) is 18.7 Å². The first kappa shape index (κ1) is 13.9. The molecule has 0 atom stereocenters. The van der Waals surface area contributed by atoms with Crippen molar-refractivity contribution in [2.75, 3.05) is 11.9 Å². The SMILES string of the molecule is CCNc1nc(-c2cc(F)cc(F)c2)nc2sc(C)cc12. The van der Waals surface area contributed by atoms with Crippen molar-refractivity contribution in [1.29, 1.82) is 0 Å². The van der Waals surface area contributed by atoms with E-state index in [0.29, 0.717) is 23.8 Å². The van der Waals surface area contributed by atoms with Gasteiger partial charge in [0.05, 0.1) is 5.39 Å². The van der Waals surface area contributed by atoms with Gasteiger partial charge < -0.3 is 5.32 Å². The lowest BCUT2D eigenvalue weighted by Gasteiger charge is -2.07. The van der Waals surface area contributed by atoms with Gasteiger partial charge in [0.15, 0.2) is 5.82 Å². The molecule has 0 radical (unpaired) electrons. The molecule has 108 valence electrons. The van der Waals surface area contributed by atoms with E-state index in [1.54, 1.807) is 0 Å². The van der Waals surface area contributed by atoms with E-state index >= 15 is 0 Å². The largest absolute Gasteiger partial charge is 0.370 e. The number of benzene rings is 1. The molecular weight excluding hydrogens is 292 g/mol. The van der Waals surface area contributed by atoms with E-state index in [2.05, 4.69) is 15.3 Å². The Morgan fingerprint density at radius 2 is 1.81 bits per heavy atom. The number of halogens is 2. The van der Waals surface area contributed by atoms with E-state index in [0.717, 1.165) is 21.2 Å². The zero-order chi connectivity index (χ0) is 15.0. The fourth-order valence-corrected chi connectivity index (χ4v) is 3.04. The Morgan fingerprint density at radius 3 is 2.48 bits per heavy atom. The first-order valence-electron chi connectivity index (χ1n) is 6.55. The predicted molar refractivity (Wildman–Crippen MR) is 81.7 cm³/mol. The number of thiophene rings is 1. The zero-order valence-corrected chi connectivity index (χ0v) is 12.4. The highest BCUT2D eigenvalue weighted by Crippen LogP contribution is 2.31. The second-order valence-electron chi connectivity index (χ2n) is 4.66. The topological polar surface area (TPSA) is 37.8 Å². The summed E-state index contributed by atoms with van der Waals surface area (Å²) in [4.78, 5) is 10.7. The molecule has 0 saturated carbocycles. The Morgan fingerprint density at radius 1 is 1.10 bits per heavy atom. The number of fused-ring (bicyclic) bond motifs is 1. The van der Waals surface area contributed by atoms with E-state index in [-0.39, 0.29) is 0 Å². The van der Waals surface area contributed by atoms with Crippen LogP contribution in [-0.4, -0.2) is 16.5 Å². The molecule has 0 aliphatic heterocycles. The van der Waals surface area contributed by atoms with Gasteiger partial charge in [-0.15, -0.1) is 11.3 Å². The minimum absolute atomic E-state index is 0.318. The van der Waals surface area contributed by atoms with Gasteiger partial charge in [-0.2, -0.15) is 0 Å². The van der Waals surface area contributed by atoms with Crippen LogP contribution in [0.1, 0.15) is 11.8 Å². The van der Waals surface area contributed by atoms with Crippen molar-refractivity contribution in [3.8, 4) is 11.4 Å². The van der Waals surface area contributed by atoms with Crippen LogP contribution in [-0.2, 0) is 0 Å². The number of hydrogen-bond acceptors (Lipinski definition) is 4. The minimum Gasteiger partial charge on any atom is -0.370 e. The van der Waals surface area contributed by atoms with Gasteiger partial charge in [-0.3, -0.25) is 0 Å². The van der Waals surface area contributed by atoms with Gasteiger partial charge in [-0.05, 0) is 32.0 Å². The van der Waals surface area contributed by atoms with Gasteiger partial charge in [-0.1, -0.05) is 0 Å². The average Bonchev–Trinajstić information content (AvgIpc) is 2.78. The van der Waals surface area contributed by atoms with Crippen LogP contribution in [0.5, 0.6) is 0 Å². The normalized spacial score (nSPS) is 11.0. The number of aromatic nitrogens is 2. The fourth-order valence-electron chi connectivity index (χ4n) is 2.16. The molecule has 1 N–H and O–H groups in total. The summed E-state index contributed by atoms with van der Waals surface area (Å²) in [6.07, 6.45) is 0. The van der Waals surface area contributed by atoms with Gasteiger partial charge in [0.25, 0.3) is 0 Å². The average molecular weight is 305 g/mol. The molecule has 3 aromatic rings. The van der Waals surface area contributed by atoms with Crippen LogP contribution in [0.15, 0.2) is 24.3 Å². The highest BCUT2D eigenvalue weighted by atomic mass is 32.1. The molecule has 2 aromatic heterocycles. The van der Waals surface area contributed by atoms with E-state index in [1.807, 2.05) is 19.9 Å². The van der Waals surface area contributed by atoms with E-state index in [9.17, 15) is 8.78 Å². The third-order valence-electron chi connectivity index (χ3n) is 2.98. The molecular formula is C15H13F2N3S. The molecule has 2 heterocycles. The van der Waals surface area contributed by atoms with E-state index in [4.69, 9.17) is 0 Å². The number of aryl methyl sites for hydroxylation is 1. The number of nitrogens with zero attached hydrogens (tertiary/aromatic N) is 2. The van der Waals surface area contributed by atoms with Crippen molar-refractivity contribution in [2.45, 2.75) is 13.8 Å². The lowest BCUT2D eigenvalue weighted by atomic mass is 10.2. The molecule has 0 fully saturated rings. The molecule has 0 aliphatic rings. The summed E-state index contributed by atoms with van der Waals surface area (Å²) in [7, 11) is 0. The summed E-state index contributed by atoms with van der Waals surface area (Å²) in [6, 6.07) is 5.32. The number of anilines is 1. The first-order valence-corrected chi connectivity index (χ1v) is 7.37. The van der Waals surface area contributed by atoms with Crippen LogP contribution >= 0.6 is 11.3 Å². The molecule has 6 heteroatoms. The van der Waals surface area contributed by atoms with Crippen LogP contribution in [0, 0.1) is 18.6 Å². The van der Waals surface area contributed by atoms with E-state index in [1.165, 1.54) is 23.5 Å². The molecule has 0 aliphatic carbocycles. The Labute approximate surface area is 124 Å². The Balaban J connectivity index is 2.22. The zero-order valence-electron chi connectivity index (χ0n) is 11.6. The van der Waals surface area contributed by atoms with Gasteiger partial charge in [0, 0.05) is 23.1 Å². The molecule has 0 amide bonds. The summed E-state index contributed by atoms with van der Waals surface area (Å²) in [5.41, 5.74) is 0.333. The van der Waals surface area contributed by atoms with Crippen LogP contribution in [0.25, 0.3) is 21.6 Å². The van der Waals surface area contributed by atoms with Gasteiger partial charge in [0.1, 0.15) is 22.3 Å². The summed E-state index contributed by atoms with van der Waals surface area (Å²) in [6.45, 7) is 4.66. The van der Waals surface area contributed by atoms with E-state index < -0.39 is 11.6 Å². The van der Waals surface area contributed by atoms with Crippen LogP contribution in [0.4, 0.5) is 14.6 Å². The predicted octanol–water partition coefficient (Wildman–Crippen LogP) is 4.38. The van der Waals surface area contributed by atoms with Gasteiger partial charge in [0.2, 0.25) is 0 Å². The fraction of sp³-hybridized carbons (Fsp3) is 0.200. The first-order chi connectivity index (χ1) is 10.1. The number of rotatable bonds is 3. The third-order valence-corrected chi connectivity index (χ3v) is 3.93. The van der Waals surface area contributed by atoms with Crippen molar-refractivity contribution in [1.82, 2.24) is 9.97 Å². The molecule has 0 saturated heterocycles. The number of hydrogen-bond donors (Lipinski definition) is 1. The second-order valence-corrected chi connectivity index (χ2v) is 5.89. The molecule has 21 heavy (non-hydrogen) atoms. The standard InChI is InChI=1S/C15H13F2N3S/c1-3-18-14-12-4-8(2)21-15(12)20-13(19-14)9-5-10(16)7-11(17)6-9/h4-7H,3H2,1-2H3,(H,18,19,20). The maximum atomic E-state index is 13.4. The minimum atomic E-state index is -0.638. The second kappa shape index (κ2) is 5.37. The van der Waals surface area contributed by atoms with Crippen molar-refractivity contribution in [3.05, 3.63) is 40.8 Å².